The Bertz CT molecular complexity index is 376. The molecule has 92 valence electrons. The molecule has 0 radical (unpaired) electrons. The highest BCUT2D eigenvalue weighted by molar-refractivity contribution is 7.09. The maximum atomic E-state index is 12.2. The second-order valence-corrected chi connectivity index (χ2v) is 6.19. The van der Waals surface area contributed by atoms with Crippen LogP contribution in [-0.2, 0) is 11.2 Å². The SMILES string of the molecule is O=C(Cc1cncs1)C1CC2CCCCC2N1. The maximum Gasteiger partial charge on any atom is 0.154 e. The van der Waals surface area contributed by atoms with Crippen LogP contribution < -0.4 is 5.32 Å². The van der Waals surface area contributed by atoms with Crippen LogP contribution in [0.25, 0.3) is 0 Å². The Hall–Kier alpha value is -0.740. The normalized spacial score (nSPS) is 32.4. The fraction of sp³-hybridized carbons (Fsp3) is 0.692. The molecule has 0 amide bonds. The Balaban J connectivity index is 1.60. The van der Waals surface area contributed by atoms with Crippen molar-refractivity contribution in [3.05, 3.63) is 16.6 Å². The topological polar surface area (TPSA) is 42.0 Å². The molecule has 1 saturated heterocycles. The number of nitrogens with one attached hydrogen (secondary N) is 1. The molecule has 17 heavy (non-hydrogen) atoms. The van der Waals surface area contributed by atoms with Crippen LogP contribution in [0.1, 0.15) is 37.0 Å². The fourth-order valence-corrected chi connectivity index (χ4v) is 3.79. The zero-order valence-electron chi connectivity index (χ0n) is 9.89. The van der Waals surface area contributed by atoms with Crippen molar-refractivity contribution < 1.29 is 4.79 Å². The summed E-state index contributed by atoms with van der Waals surface area (Å²) < 4.78 is 0. The molecule has 1 aromatic rings. The number of Topliss-reactive ketones (excluding diaryl/α,β-unsaturated/α-hetero) is 1. The first-order valence-corrected chi connectivity index (χ1v) is 7.37. The lowest BCUT2D eigenvalue weighted by molar-refractivity contribution is -0.120. The molecule has 2 fully saturated rings. The molecule has 1 saturated carbocycles. The predicted octanol–water partition coefficient (Wildman–Crippen LogP) is 2.18. The molecule has 3 unspecified atom stereocenters. The standard InChI is InChI=1S/C13H18N2OS/c16-13(6-10-7-14-8-17-10)12-5-9-3-1-2-4-11(9)15-12/h7-9,11-12,15H,1-6H2. The summed E-state index contributed by atoms with van der Waals surface area (Å²) in [6, 6.07) is 0.712. The number of rotatable bonds is 3. The second-order valence-electron chi connectivity index (χ2n) is 5.22. The van der Waals surface area contributed by atoms with Crippen molar-refractivity contribution in [2.24, 2.45) is 5.92 Å². The van der Waals surface area contributed by atoms with Crippen LogP contribution in [0.3, 0.4) is 0 Å². The number of hydrogen-bond donors (Lipinski definition) is 1. The number of fused-ring (bicyclic) bond motifs is 1. The Morgan fingerprint density at radius 2 is 2.35 bits per heavy atom. The minimum absolute atomic E-state index is 0.102. The molecular formula is C13H18N2OS. The van der Waals surface area contributed by atoms with Crippen molar-refractivity contribution in [2.75, 3.05) is 0 Å². The number of hydrogen-bond acceptors (Lipinski definition) is 4. The van der Waals surface area contributed by atoms with Gasteiger partial charge in [0.1, 0.15) is 0 Å². The highest BCUT2D eigenvalue weighted by atomic mass is 32.1. The summed E-state index contributed by atoms with van der Waals surface area (Å²) in [6.07, 6.45) is 8.66. The van der Waals surface area contributed by atoms with E-state index < -0.39 is 0 Å². The first kappa shape index (κ1) is 11.4. The van der Waals surface area contributed by atoms with Crippen LogP contribution in [-0.4, -0.2) is 22.9 Å². The lowest BCUT2D eigenvalue weighted by atomic mass is 9.84. The van der Waals surface area contributed by atoms with Gasteiger partial charge in [0.15, 0.2) is 5.78 Å². The molecule has 2 aliphatic rings. The largest absolute Gasteiger partial charge is 0.304 e. The molecule has 3 nitrogen and oxygen atoms in total. The molecule has 3 rings (SSSR count). The van der Waals surface area contributed by atoms with E-state index in [4.69, 9.17) is 0 Å². The molecule has 0 bridgehead atoms. The molecular weight excluding hydrogens is 232 g/mol. The third-order valence-electron chi connectivity index (χ3n) is 4.08. The molecule has 1 N–H and O–H groups in total. The summed E-state index contributed by atoms with van der Waals surface area (Å²) in [5.74, 6) is 1.10. The van der Waals surface area contributed by atoms with Crippen LogP contribution >= 0.6 is 11.3 Å². The van der Waals surface area contributed by atoms with Gasteiger partial charge in [0, 0.05) is 23.5 Å². The number of thiazole rings is 1. The van der Waals surface area contributed by atoms with E-state index in [0.29, 0.717) is 18.2 Å². The third-order valence-corrected chi connectivity index (χ3v) is 4.86. The van der Waals surface area contributed by atoms with Gasteiger partial charge < -0.3 is 5.32 Å². The molecule has 0 aromatic carbocycles. The smallest absolute Gasteiger partial charge is 0.154 e. The summed E-state index contributed by atoms with van der Waals surface area (Å²) in [4.78, 5) is 17.3. The van der Waals surface area contributed by atoms with Crippen molar-refractivity contribution in [1.82, 2.24) is 10.3 Å². The van der Waals surface area contributed by atoms with Gasteiger partial charge in [-0.25, -0.2) is 0 Å². The number of nitrogens with zero attached hydrogens (tertiary/aromatic N) is 1. The van der Waals surface area contributed by atoms with Gasteiger partial charge in [-0.3, -0.25) is 9.78 Å². The third kappa shape index (κ3) is 2.43. The number of ketones is 1. The Kier molecular flexibility index (Phi) is 3.25. The Labute approximate surface area is 106 Å². The lowest BCUT2D eigenvalue weighted by Gasteiger charge is -2.24. The first-order chi connectivity index (χ1) is 8.33. The van der Waals surface area contributed by atoms with Gasteiger partial charge in [-0.1, -0.05) is 12.8 Å². The summed E-state index contributed by atoms with van der Waals surface area (Å²) >= 11 is 1.58. The van der Waals surface area contributed by atoms with Crippen LogP contribution in [0, 0.1) is 5.92 Å². The van der Waals surface area contributed by atoms with Gasteiger partial charge in [-0.05, 0) is 25.2 Å². The van der Waals surface area contributed by atoms with Gasteiger partial charge in [0.2, 0.25) is 0 Å². The monoisotopic (exact) mass is 250 g/mol. The number of carbonyl (C=O) groups excluding carboxylic acids is 1. The summed E-state index contributed by atoms with van der Waals surface area (Å²) in [7, 11) is 0. The summed E-state index contributed by atoms with van der Waals surface area (Å²) in [6.45, 7) is 0. The van der Waals surface area contributed by atoms with Crippen LogP contribution in [0.15, 0.2) is 11.7 Å². The van der Waals surface area contributed by atoms with E-state index in [1.165, 1.54) is 25.7 Å². The fourth-order valence-electron chi connectivity index (χ4n) is 3.19. The molecule has 2 heterocycles. The van der Waals surface area contributed by atoms with Crippen molar-refractivity contribution in [3.8, 4) is 0 Å². The Morgan fingerprint density at radius 1 is 1.47 bits per heavy atom. The van der Waals surface area contributed by atoms with E-state index in [-0.39, 0.29) is 6.04 Å². The number of carbonyl (C=O) groups is 1. The van der Waals surface area contributed by atoms with E-state index in [9.17, 15) is 4.79 Å². The molecule has 0 spiro atoms. The minimum atomic E-state index is 0.102. The van der Waals surface area contributed by atoms with Gasteiger partial charge in [0.05, 0.1) is 11.6 Å². The van der Waals surface area contributed by atoms with E-state index in [0.717, 1.165) is 17.2 Å². The summed E-state index contributed by atoms with van der Waals surface area (Å²) in [5, 5.41) is 3.54. The van der Waals surface area contributed by atoms with Gasteiger partial charge in [0.25, 0.3) is 0 Å². The number of aromatic nitrogens is 1. The Morgan fingerprint density at radius 3 is 3.12 bits per heavy atom. The van der Waals surface area contributed by atoms with Gasteiger partial charge >= 0.3 is 0 Å². The van der Waals surface area contributed by atoms with Crippen LogP contribution in [0.4, 0.5) is 0 Å². The average Bonchev–Trinajstić information content (AvgIpc) is 2.96. The van der Waals surface area contributed by atoms with E-state index in [1.54, 1.807) is 16.8 Å². The minimum Gasteiger partial charge on any atom is -0.304 e. The van der Waals surface area contributed by atoms with E-state index >= 15 is 0 Å². The van der Waals surface area contributed by atoms with Crippen LogP contribution in [0.5, 0.6) is 0 Å². The summed E-state index contributed by atoms with van der Waals surface area (Å²) in [5.41, 5.74) is 1.80. The molecule has 4 heteroatoms. The van der Waals surface area contributed by atoms with Crippen molar-refractivity contribution in [1.29, 1.82) is 0 Å². The van der Waals surface area contributed by atoms with Crippen molar-refractivity contribution in [3.63, 3.8) is 0 Å². The van der Waals surface area contributed by atoms with Gasteiger partial charge in [-0.2, -0.15) is 0 Å². The first-order valence-electron chi connectivity index (χ1n) is 6.49. The zero-order valence-corrected chi connectivity index (χ0v) is 10.7. The predicted molar refractivity (Wildman–Crippen MR) is 68.1 cm³/mol. The zero-order chi connectivity index (χ0) is 11.7. The van der Waals surface area contributed by atoms with Crippen molar-refractivity contribution in [2.45, 2.75) is 50.6 Å². The van der Waals surface area contributed by atoms with E-state index in [1.807, 2.05) is 6.20 Å². The quantitative estimate of drug-likeness (QED) is 0.894. The van der Waals surface area contributed by atoms with Crippen molar-refractivity contribution >= 4 is 17.1 Å². The average molecular weight is 250 g/mol. The second kappa shape index (κ2) is 4.86. The lowest BCUT2D eigenvalue weighted by Crippen LogP contribution is -2.37. The molecule has 1 aliphatic carbocycles. The molecule has 1 aliphatic heterocycles. The molecule has 3 atom stereocenters. The van der Waals surface area contributed by atoms with E-state index in [2.05, 4.69) is 10.3 Å². The van der Waals surface area contributed by atoms with Gasteiger partial charge in [-0.15, -0.1) is 11.3 Å². The maximum absolute atomic E-state index is 12.2. The molecule has 1 aromatic heterocycles. The van der Waals surface area contributed by atoms with Crippen LogP contribution in [0.2, 0.25) is 0 Å². The highest BCUT2D eigenvalue weighted by Gasteiger charge is 2.37. The highest BCUT2D eigenvalue weighted by Crippen LogP contribution is 2.33.